The smallest absolute Gasteiger partial charge is 0.349 e. The van der Waals surface area contributed by atoms with Gasteiger partial charge in [-0.25, -0.2) is 9.97 Å². The molecule has 2 aliphatic rings. The number of fused-ring (bicyclic) bond motifs is 2. The Balaban J connectivity index is 1.59. The molecule has 0 spiro atoms. The minimum Gasteiger partial charge on any atom is -0.476 e. The molecule has 0 aliphatic carbocycles. The second-order valence-electron chi connectivity index (χ2n) is 12.7. The zero-order valence-electron chi connectivity index (χ0n) is 22.0. The van der Waals surface area contributed by atoms with Gasteiger partial charge >= 0.3 is 8.56 Å². The van der Waals surface area contributed by atoms with Crippen molar-refractivity contribution in [2.75, 3.05) is 13.2 Å². The first-order chi connectivity index (χ1) is 15.6. The Labute approximate surface area is 204 Å². The van der Waals surface area contributed by atoms with Crippen LogP contribution in [0, 0.1) is 0 Å². The quantitative estimate of drug-likeness (QED) is 0.598. The molecule has 0 bridgehead atoms. The highest BCUT2D eigenvalue weighted by atomic mass is 28.4. The molecule has 11 heteroatoms. The fraction of sp³-hybridized carbons (Fsp3) is 0.783. The van der Waals surface area contributed by atoms with Crippen LogP contribution in [0.25, 0.3) is 11.2 Å². The van der Waals surface area contributed by atoms with Gasteiger partial charge < -0.3 is 23.4 Å². The molecule has 1 N–H and O–H groups in total. The highest BCUT2D eigenvalue weighted by Crippen LogP contribution is 2.55. The second kappa shape index (κ2) is 8.63. The molecule has 2 aromatic heterocycles. The standard InChI is InChI=1S/C23H40N4O5Si2/c1-22(2,3)34(23(4,5)6)30-12-15-18(32-34)17(28)21(31-15)27-14-26-16-19(27)24-13-25-20(16)29-10-11-33(7,8)9/h13-15,17-18,21,28H,10-12H2,1-9H3/t15-,17-,18-,21?/m1/s1. The topological polar surface area (TPSA) is 101 Å². The van der Waals surface area contributed by atoms with Crippen LogP contribution in [0.15, 0.2) is 12.7 Å². The van der Waals surface area contributed by atoms with Crippen molar-refractivity contribution in [3.63, 3.8) is 0 Å². The van der Waals surface area contributed by atoms with E-state index in [2.05, 4.69) is 76.1 Å². The zero-order chi connectivity index (χ0) is 25.1. The molecule has 2 saturated heterocycles. The number of imidazole rings is 1. The summed E-state index contributed by atoms with van der Waals surface area (Å²) in [6.07, 6.45) is 0.699. The first-order valence-corrected chi connectivity index (χ1v) is 17.6. The van der Waals surface area contributed by atoms with E-state index in [9.17, 15) is 5.11 Å². The van der Waals surface area contributed by atoms with Gasteiger partial charge in [0.1, 0.15) is 24.6 Å². The maximum Gasteiger partial charge on any atom is 0.349 e. The molecule has 190 valence electrons. The molecule has 0 amide bonds. The van der Waals surface area contributed by atoms with Crippen molar-refractivity contribution < 1.29 is 23.4 Å². The van der Waals surface area contributed by atoms with E-state index in [0.717, 1.165) is 6.04 Å². The highest BCUT2D eigenvalue weighted by Gasteiger charge is 2.65. The molecule has 2 aliphatic heterocycles. The molecule has 9 nitrogen and oxygen atoms in total. The van der Waals surface area contributed by atoms with Crippen LogP contribution in [0.1, 0.15) is 47.8 Å². The van der Waals surface area contributed by atoms with E-state index in [4.69, 9.17) is 18.3 Å². The molecule has 34 heavy (non-hydrogen) atoms. The first-order valence-electron chi connectivity index (χ1n) is 12.1. The third kappa shape index (κ3) is 4.46. The van der Waals surface area contributed by atoms with Crippen LogP contribution < -0.4 is 4.74 Å². The van der Waals surface area contributed by atoms with Gasteiger partial charge in [0, 0.05) is 18.2 Å². The van der Waals surface area contributed by atoms with E-state index in [0.29, 0.717) is 30.3 Å². The summed E-state index contributed by atoms with van der Waals surface area (Å²) in [6.45, 7) is 20.9. The monoisotopic (exact) mass is 508 g/mol. The summed E-state index contributed by atoms with van der Waals surface area (Å²) in [5, 5.41) is 11.0. The number of ether oxygens (including phenoxy) is 2. The lowest BCUT2D eigenvalue weighted by atomic mass is 10.1. The molecular formula is C23H40N4O5Si2. The Morgan fingerprint density at radius 3 is 2.41 bits per heavy atom. The summed E-state index contributed by atoms with van der Waals surface area (Å²) in [7, 11) is -3.96. The predicted octanol–water partition coefficient (Wildman–Crippen LogP) is 4.26. The first kappa shape index (κ1) is 25.7. The second-order valence-corrected chi connectivity index (χ2v) is 23.1. The number of hydrogen-bond acceptors (Lipinski definition) is 8. The SMILES string of the molecule is CC(C)(C)[Si]1(C(C)(C)C)OC[C@H]2OC(n3cnc4c(OCC[Si](C)(C)C)ncnc43)[C@H](O)[C@@H]2O1. The maximum absolute atomic E-state index is 11.4. The van der Waals surface area contributed by atoms with E-state index in [-0.39, 0.29) is 16.2 Å². The summed E-state index contributed by atoms with van der Waals surface area (Å²) < 4.78 is 27.2. The fourth-order valence-corrected chi connectivity index (χ4v) is 10.8. The van der Waals surface area contributed by atoms with Crippen molar-refractivity contribution in [2.24, 2.45) is 0 Å². The van der Waals surface area contributed by atoms with Crippen LogP contribution in [-0.2, 0) is 13.6 Å². The van der Waals surface area contributed by atoms with Gasteiger partial charge in [-0.1, -0.05) is 61.2 Å². The van der Waals surface area contributed by atoms with Crippen LogP contribution in [0.2, 0.25) is 35.8 Å². The molecular weight excluding hydrogens is 468 g/mol. The molecule has 4 heterocycles. The number of aromatic nitrogens is 4. The van der Waals surface area contributed by atoms with E-state index >= 15 is 0 Å². The summed E-state index contributed by atoms with van der Waals surface area (Å²) in [4.78, 5) is 13.2. The van der Waals surface area contributed by atoms with Gasteiger partial charge in [-0.3, -0.25) is 4.57 Å². The molecule has 2 fully saturated rings. The van der Waals surface area contributed by atoms with E-state index in [1.54, 1.807) is 10.9 Å². The average Bonchev–Trinajstić information content (AvgIpc) is 3.26. The van der Waals surface area contributed by atoms with Crippen molar-refractivity contribution in [3.8, 4) is 5.88 Å². The molecule has 0 radical (unpaired) electrons. The van der Waals surface area contributed by atoms with Gasteiger partial charge in [0.05, 0.1) is 19.5 Å². The van der Waals surface area contributed by atoms with Gasteiger partial charge in [0.2, 0.25) is 5.88 Å². The lowest BCUT2D eigenvalue weighted by Crippen LogP contribution is -2.65. The molecule has 1 unspecified atom stereocenters. The molecule has 0 saturated carbocycles. The number of nitrogens with zero attached hydrogens (tertiary/aromatic N) is 4. The third-order valence-electron chi connectivity index (χ3n) is 6.73. The number of hydrogen-bond donors (Lipinski definition) is 1. The Kier molecular flexibility index (Phi) is 6.53. The van der Waals surface area contributed by atoms with Crippen LogP contribution in [0.5, 0.6) is 5.88 Å². The van der Waals surface area contributed by atoms with Crippen molar-refractivity contribution in [2.45, 2.75) is 102 Å². The normalized spacial score (nSPS) is 27.7. The minimum atomic E-state index is -2.73. The number of aliphatic hydroxyl groups excluding tert-OH is 1. The molecule has 4 atom stereocenters. The Morgan fingerprint density at radius 1 is 1.12 bits per heavy atom. The van der Waals surface area contributed by atoms with Crippen molar-refractivity contribution >= 4 is 27.8 Å². The van der Waals surface area contributed by atoms with Gasteiger partial charge in [-0.05, 0) is 6.04 Å². The third-order valence-corrected chi connectivity index (χ3v) is 13.6. The number of aliphatic hydroxyl groups is 1. The van der Waals surface area contributed by atoms with Crippen LogP contribution >= 0.6 is 0 Å². The number of rotatable bonds is 5. The lowest BCUT2D eigenvalue weighted by Gasteiger charge is -2.53. The Hall–Kier alpha value is -1.38. The fourth-order valence-electron chi connectivity index (χ4n) is 5.14. The van der Waals surface area contributed by atoms with E-state index in [1.165, 1.54) is 6.33 Å². The average molecular weight is 509 g/mol. The van der Waals surface area contributed by atoms with Crippen LogP contribution in [0.3, 0.4) is 0 Å². The van der Waals surface area contributed by atoms with Crippen molar-refractivity contribution in [1.82, 2.24) is 19.5 Å². The summed E-state index contributed by atoms with van der Waals surface area (Å²) in [6, 6.07) is 1.03. The Morgan fingerprint density at radius 2 is 1.79 bits per heavy atom. The van der Waals surface area contributed by atoms with Crippen molar-refractivity contribution in [3.05, 3.63) is 12.7 Å². The predicted molar refractivity (Wildman–Crippen MR) is 135 cm³/mol. The van der Waals surface area contributed by atoms with Gasteiger partial charge in [-0.2, -0.15) is 4.98 Å². The van der Waals surface area contributed by atoms with Crippen molar-refractivity contribution in [1.29, 1.82) is 0 Å². The summed E-state index contributed by atoms with van der Waals surface area (Å²) in [5.41, 5.74) is 1.13. The molecule has 4 rings (SSSR count). The summed E-state index contributed by atoms with van der Waals surface area (Å²) >= 11 is 0. The van der Waals surface area contributed by atoms with Gasteiger partial charge in [0.15, 0.2) is 17.4 Å². The zero-order valence-corrected chi connectivity index (χ0v) is 24.0. The van der Waals surface area contributed by atoms with Gasteiger partial charge in [-0.15, -0.1) is 0 Å². The van der Waals surface area contributed by atoms with Gasteiger partial charge in [0.25, 0.3) is 0 Å². The Bertz CT molecular complexity index is 1010. The molecule has 0 aromatic carbocycles. The lowest BCUT2D eigenvalue weighted by molar-refractivity contribution is -0.0795. The highest BCUT2D eigenvalue weighted by molar-refractivity contribution is 6.76. The van der Waals surface area contributed by atoms with Crippen LogP contribution in [-0.4, -0.2) is 72.8 Å². The van der Waals surface area contributed by atoms with E-state index in [1.807, 2.05) is 0 Å². The maximum atomic E-state index is 11.4. The molecule has 2 aromatic rings. The largest absolute Gasteiger partial charge is 0.476 e. The van der Waals surface area contributed by atoms with E-state index < -0.39 is 35.1 Å². The summed E-state index contributed by atoms with van der Waals surface area (Å²) in [5.74, 6) is 0.457. The minimum absolute atomic E-state index is 0.175. The van der Waals surface area contributed by atoms with Crippen LogP contribution in [0.4, 0.5) is 0 Å².